The first kappa shape index (κ1) is 30.0. The third kappa shape index (κ3) is 4.78. The lowest BCUT2D eigenvalue weighted by Crippen LogP contribution is -2.11. The van der Waals surface area contributed by atoms with E-state index < -0.39 is 0 Å². The van der Waals surface area contributed by atoms with Crippen molar-refractivity contribution in [1.82, 2.24) is 0 Å². The summed E-state index contributed by atoms with van der Waals surface area (Å²) in [6.45, 7) is 0. The van der Waals surface area contributed by atoms with Gasteiger partial charge in [0.1, 0.15) is 5.58 Å². The van der Waals surface area contributed by atoms with Crippen LogP contribution in [0.25, 0.3) is 85.9 Å². The fourth-order valence-corrected chi connectivity index (χ4v) is 9.42. The number of fused-ring (bicyclic) bond motifs is 9. The van der Waals surface area contributed by atoms with Gasteiger partial charge in [-0.05, 0) is 86.3 Å². The van der Waals surface area contributed by atoms with Gasteiger partial charge in [-0.2, -0.15) is 0 Å². The zero-order valence-corrected chi connectivity index (χ0v) is 29.5. The smallest absolute Gasteiger partial charge is 0.159 e. The molecule has 0 saturated heterocycles. The van der Waals surface area contributed by atoms with Gasteiger partial charge in [0.2, 0.25) is 0 Å². The lowest BCUT2D eigenvalue weighted by molar-refractivity contribution is 0.669. The van der Waals surface area contributed by atoms with Crippen LogP contribution < -0.4 is 4.90 Å². The van der Waals surface area contributed by atoms with Crippen LogP contribution in [-0.2, 0) is 0 Å². The van der Waals surface area contributed by atoms with Gasteiger partial charge in [-0.1, -0.05) is 146 Å². The van der Waals surface area contributed by atoms with E-state index in [4.69, 9.17) is 4.42 Å². The zero-order chi connectivity index (χ0) is 34.9. The summed E-state index contributed by atoms with van der Waals surface area (Å²) >= 11 is 1.87. The number of thiophene rings is 1. The predicted octanol–water partition coefficient (Wildman–Crippen LogP) is 15.1. The Hall–Kier alpha value is -6.68. The van der Waals surface area contributed by atoms with Crippen molar-refractivity contribution in [2.45, 2.75) is 0 Å². The molecule has 0 saturated carbocycles. The maximum atomic E-state index is 6.95. The topological polar surface area (TPSA) is 16.4 Å². The lowest BCUT2D eigenvalue weighted by atomic mass is 9.99. The van der Waals surface area contributed by atoms with E-state index in [9.17, 15) is 0 Å². The number of benzene rings is 9. The van der Waals surface area contributed by atoms with E-state index in [0.717, 1.165) is 44.6 Å². The highest BCUT2D eigenvalue weighted by Gasteiger charge is 2.24. The highest BCUT2D eigenvalue weighted by atomic mass is 32.1. The van der Waals surface area contributed by atoms with Gasteiger partial charge in [-0.25, -0.2) is 0 Å². The molecule has 0 fully saturated rings. The highest BCUT2D eigenvalue weighted by molar-refractivity contribution is 7.26. The van der Waals surface area contributed by atoms with Crippen LogP contribution in [0.5, 0.6) is 0 Å². The largest absolute Gasteiger partial charge is 0.454 e. The Labute approximate surface area is 310 Å². The second kappa shape index (κ2) is 11.9. The maximum Gasteiger partial charge on any atom is 0.159 e. The molecule has 0 spiro atoms. The third-order valence-corrected chi connectivity index (χ3v) is 11.8. The Kier molecular flexibility index (Phi) is 6.76. The van der Waals surface area contributed by atoms with Gasteiger partial charge in [-0.15, -0.1) is 11.3 Å². The van der Waals surface area contributed by atoms with E-state index in [0.29, 0.717) is 0 Å². The zero-order valence-electron chi connectivity index (χ0n) is 28.7. The summed E-state index contributed by atoms with van der Waals surface area (Å²) in [5, 5.41) is 9.64. The van der Waals surface area contributed by atoms with Crippen molar-refractivity contribution >= 4 is 92.1 Å². The first-order valence-corrected chi connectivity index (χ1v) is 18.8. The number of para-hydroxylation sites is 1. The van der Waals surface area contributed by atoms with Crippen molar-refractivity contribution in [3.05, 3.63) is 188 Å². The van der Waals surface area contributed by atoms with Crippen LogP contribution in [0.3, 0.4) is 0 Å². The van der Waals surface area contributed by atoms with Crippen LogP contribution in [0, 0.1) is 0 Å². The Morgan fingerprint density at radius 3 is 1.98 bits per heavy atom. The molecule has 0 atom stereocenters. The lowest BCUT2D eigenvalue weighted by Gasteiger charge is -2.27. The number of hydrogen-bond acceptors (Lipinski definition) is 3. The second-order valence-corrected chi connectivity index (χ2v) is 14.7. The summed E-state index contributed by atoms with van der Waals surface area (Å²) in [6, 6.07) is 67.9. The van der Waals surface area contributed by atoms with E-state index in [-0.39, 0.29) is 0 Å². The number of anilines is 3. The van der Waals surface area contributed by atoms with E-state index in [2.05, 4.69) is 193 Å². The monoisotopic (exact) mass is 693 g/mol. The van der Waals surface area contributed by atoms with E-state index in [1.807, 2.05) is 11.3 Å². The van der Waals surface area contributed by atoms with Gasteiger partial charge in [0.15, 0.2) is 5.58 Å². The molecular weight excluding hydrogens is 663 g/mol. The minimum absolute atomic E-state index is 0.867. The standard InChI is InChI=1S/C50H31NOS/c1-3-12-32(13-4-1)35-24-26-41-42-19-11-20-45(49(42)52-46(41)31-35)51(37-25-27-39-36(30-37)23-22-34-16-7-8-17-38(34)39)44-29-28-40(33-14-5-2-6-15-33)50-48(44)43-18-9-10-21-47(43)53-50/h1-31H. The van der Waals surface area contributed by atoms with Gasteiger partial charge in [-0.3, -0.25) is 0 Å². The molecule has 3 heteroatoms. The Morgan fingerprint density at radius 2 is 1.11 bits per heavy atom. The number of nitrogens with zero attached hydrogens (tertiary/aromatic N) is 1. The molecule has 0 N–H and O–H groups in total. The summed E-state index contributed by atoms with van der Waals surface area (Å²) in [6.07, 6.45) is 0. The molecule has 2 aromatic heterocycles. The summed E-state index contributed by atoms with van der Waals surface area (Å²) < 4.78 is 9.49. The Morgan fingerprint density at radius 1 is 0.415 bits per heavy atom. The van der Waals surface area contributed by atoms with Crippen LogP contribution in [0.15, 0.2) is 192 Å². The van der Waals surface area contributed by atoms with E-state index >= 15 is 0 Å². The molecule has 0 radical (unpaired) electrons. The molecule has 53 heavy (non-hydrogen) atoms. The molecule has 0 bridgehead atoms. The second-order valence-electron chi connectivity index (χ2n) is 13.7. The molecule has 248 valence electrons. The molecule has 0 aliphatic carbocycles. The van der Waals surface area contributed by atoms with Crippen LogP contribution in [-0.4, -0.2) is 0 Å². The van der Waals surface area contributed by atoms with Gasteiger partial charge >= 0.3 is 0 Å². The van der Waals surface area contributed by atoms with E-state index in [1.165, 1.54) is 58.4 Å². The first-order valence-electron chi connectivity index (χ1n) is 18.0. The third-order valence-electron chi connectivity index (χ3n) is 10.6. The molecule has 2 nitrogen and oxygen atoms in total. The maximum absolute atomic E-state index is 6.95. The molecule has 0 aliphatic heterocycles. The van der Waals surface area contributed by atoms with Crippen molar-refractivity contribution in [2.24, 2.45) is 0 Å². The number of furan rings is 1. The fraction of sp³-hybridized carbons (Fsp3) is 0. The Balaban J connectivity index is 1.21. The molecule has 11 rings (SSSR count). The van der Waals surface area contributed by atoms with Crippen LogP contribution in [0.4, 0.5) is 17.1 Å². The van der Waals surface area contributed by atoms with Crippen LogP contribution >= 0.6 is 11.3 Å². The van der Waals surface area contributed by atoms with Crippen molar-refractivity contribution in [2.75, 3.05) is 4.90 Å². The fourth-order valence-electron chi connectivity index (χ4n) is 8.16. The van der Waals surface area contributed by atoms with Gasteiger partial charge in [0.05, 0.1) is 11.4 Å². The van der Waals surface area contributed by atoms with Crippen molar-refractivity contribution in [3.63, 3.8) is 0 Å². The number of hydrogen-bond donors (Lipinski definition) is 0. The number of rotatable bonds is 5. The van der Waals surface area contributed by atoms with Crippen molar-refractivity contribution in [1.29, 1.82) is 0 Å². The van der Waals surface area contributed by atoms with Gasteiger partial charge in [0, 0.05) is 36.6 Å². The molecular formula is C50H31NOS. The summed E-state index contributed by atoms with van der Waals surface area (Å²) in [7, 11) is 0. The summed E-state index contributed by atoms with van der Waals surface area (Å²) in [4.78, 5) is 2.42. The average Bonchev–Trinajstić information content (AvgIpc) is 3.81. The molecule has 11 aromatic rings. The predicted molar refractivity (Wildman–Crippen MR) is 227 cm³/mol. The van der Waals surface area contributed by atoms with E-state index in [1.54, 1.807) is 0 Å². The summed E-state index contributed by atoms with van der Waals surface area (Å²) in [5.74, 6) is 0. The molecule has 0 amide bonds. The van der Waals surface area contributed by atoms with Gasteiger partial charge < -0.3 is 9.32 Å². The molecule has 2 heterocycles. The van der Waals surface area contributed by atoms with Gasteiger partial charge in [0.25, 0.3) is 0 Å². The normalized spacial score (nSPS) is 11.8. The van der Waals surface area contributed by atoms with Crippen molar-refractivity contribution in [3.8, 4) is 22.3 Å². The molecule has 9 aromatic carbocycles. The minimum atomic E-state index is 0.867. The minimum Gasteiger partial charge on any atom is -0.454 e. The van der Waals surface area contributed by atoms with Crippen LogP contribution in [0.2, 0.25) is 0 Å². The highest BCUT2D eigenvalue weighted by Crippen LogP contribution is 2.50. The first-order chi connectivity index (χ1) is 26.3. The average molecular weight is 694 g/mol. The van der Waals surface area contributed by atoms with Crippen LogP contribution in [0.1, 0.15) is 0 Å². The molecule has 0 aliphatic rings. The Bertz CT molecular complexity index is 3180. The molecule has 0 unspecified atom stereocenters. The summed E-state index contributed by atoms with van der Waals surface area (Å²) in [5.41, 5.74) is 9.72. The quantitative estimate of drug-likeness (QED) is 0.167. The van der Waals surface area contributed by atoms with Crippen molar-refractivity contribution < 1.29 is 4.42 Å². The SMILES string of the molecule is c1ccc(-c2ccc3c(c2)oc2c(N(c4ccc5c(ccc6ccccc65)c4)c4ccc(-c5ccccc5)c5sc6ccccc6c45)cccc23)cc1.